The highest BCUT2D eigenvalue weighted by molar-refractivity contribution is 9.11. The van der Waals surface area contributed by atoms with Crippen molar-refractivity contribution in [3.8, 4) is 0 Å². The van der Waals surface area contributed by atoms with E-state index >= 15 is 0 Å². The Kier molecular flexibility index (Phi) is 3.89. The normalized spacial score (nSPS) is 9.57. The van der Waals surface area contributed by atoms with Gasteiger partial charge in [0.1, 0.15) is 0 Å². The predicted molar refractivity (Wildman–Crippen MR) is 62.5 cm³/mol. The lowest BCUT2D eigenvalue weighted by molar-refractivity contribution is -0.115. The molecule has 1 aromatic carbocycles. The third-order valence-electron chi connectivity index (χ3n) is 1.77. The van der Waals surface area contributed by atoms with E-state index in [4.69, 9.17) is 0 Å². The minimum atomic E-state index is -0.0545. The standard InChI is InChI=1S/C11H12BrNO/c1-8-5-3-4-6-10(8)13-11(14)7-9(2)12/h3-6H,2,7H2,1H3,(H,13,14). The van der Waals surface area contributed by atoms with Crippen molar-refractivity contribution in [2.24, 2.45) is 0 Å². The van der Waals surface area contributed by atoms with Gasteiger partial charge in [-0.25, -0.2) is 0 Å². The maximum absolute atomic E-state index is 11.4. The smallest absolute Gasteiger partial charge is 0.229 e. The summed E-state index contributed by atoms with van der Waals surface area (Å²) in [6.07, 6.45) is 0.300. The highest BCUT2D eigenvalue weighted by Gasteiger charge is 2.04. The van der Waals surface area contributed by atoms with Gasteiger partial charge in [-0.3, -0.25) is 4.79 Å². The van der Waals surface area contributed by atoms with Crippen molar-refractivity contribution < 1.29 is 4.79 Å². The van der Waals surface area contributed by atoms with Gasteiger partial charge in [0.05, 0.1) is 6.42 Å². The number of hydrogen-bond donors (Lipinski definition) is 1. The maximum Gasteiger partial charge on any atom is 0.229 e. The van der Waals surface area contributed by atoms with Crippen LogP contribution in [0.3, 0.4) is 0 Å². The quantitative estimate of drug-likeness (QED) is 0.881. The van der Waals surface area contributed by atoms with Crippen LogP contribution in [0.5, 0.6) is 0 Å². The molecule has 0 spiro atoms. The van der Waals surface area contributed by atoms with Gasteiger partial charge >= 0.3 is 0 Å². The van der Waals surface area contributed by atoms with Gasteiger partial charge in [0.2, 0.25) is 5.91 Å². The minimum Gasteiger partial charge on any atom is -0.326 e. The number of benzene rings is 1. The molecule has 74 valence electrons. The first-order valence-electron chi connectivity index (χ1n) is 4.28. The summed E-state index contributed by atoms with van der Waals surface area (Å²) in [7, 11) is 0. The van der Waals surface area contributed by atoms with Gasteiger partial charge in [0, 0.05) is 5.69 Å². The number of carbonyl (C=O) groups excluding carboxylic acids is 1. The second-order valence-corrected chi connectivity index (χ2v) is 4.18. The van der Waals surface area contributed by atoms with Crippen LogP contribution in [0.15, 0.2) is 35.3 Å². The van der Waals surface area contributed by atoms with E-state index in [1.54, 1.807) is 0 Å². The number of hydrogen-bond acceptors (Lipinski definition) is 1. The number of nitrogens with one attached hydrogen (secondary N) is 1. The molecule has 14 heavy (non-hydrogen) atoms. The molecule has 2 nitrogen and oxygen atoms in total. The third-order valence-corrected chi connectivity index (χ3v) is 2.05. The van der Waals surface area contributed by atoms with Crippen LogP contribution < -0.4 is 5.32 Å². The van der Waals surface area contributed by atoms with Crippen molar-refractivity contribution in [1.82, 2.24) is 0 Å². The van der Waals surface area contributed by atoms with E-state index in [-0.39, 0.29) is 5.91 Å². The lowest BCUT2D eigenvalue weighted by atomic mass is 10.2. The molecule has 0 aliphatic carbocycles. The molecule has 0 radical (unpaired) electrons. The Labute approximate surface area is 92.1 Å². The summed E-state index contributed by atoms with van der Waals surface area (Å²) in [6, 6.07) is 7.67. The Morgan fingerprint density at radius 1 is 1.50 bits per heavy atom. The molecular weight excluding hydrogens is 242 g/mol. The Hall–Kier alpha value is -1.09. The predicted octanol–water partition coefficient (Wildman–Crippen LogP) is 3.23. The van der Waals surface area contributed by atoms with E-state index in [0.717, 1.165) is 11.3 Å². The topological polar surface area (TPSA) is 29.1 Å². The van der Waals surface area contributed by atoms with Crippen LogP contribution in [0, 0.1) is 6.92 Å². The third kappa shape index (κ3) is 3.34. The molecule has 1 rings (SSSR count). The van der Waals surface area contributed by atoms with Crippen LogP contribution in [-0.2, 0) is 4.79 Å². The molecule has 0 unspecified atom stereocenters. The first kappa shape index (κ1) is 11.0. The fraction of sp³-hybridized carbons (Fsp3) is 0.182. The van der Waals surface area contributed by atoms with Crippen LogP contribution in [0.4, 0.5) is 5.69 Å². The van der Waals surface area contributed by atoms with E-state index in [0.29, 0.717) is 10.9 Å². The molecule has 0 atom stereocenters. The number of halogens is 1. The zero-order valence-electron chi connectivity index (χ0n) is 8.01. The summed E-state index contributed by atoms with van der Waals surface area (Å²) in [6.45, 7) is 5.57. The van der Waals surface area contributed by atoms with Gasteiger partial charge in [-0.05, 0) is 23.0 Å². The number of rotatable bonds is 3. The van der Waals surface area contributed by atoms with Gasteiger partial charge in [0.15, 0.2) is 0 Å². The largest absolute Gasteiger partial charge is 0.326 e. The van der Waals surface area contributed by atoms with Crippen molar-refractivity contribution in [3.05, 3.63) is 40.9 Å². The summed E-state index contributed by atoms with van der Waals surface area (Å²) in [4.78, 5) is 11.4. The molecule has 0 aliphatic heterocycles. The van der Waals surface area contributed by atoms with Crippen LogP contribution in [-0.4, -0.2) is 5.91 Å². The molecule has 0 saturated carbocycles. The molecule has 1 N–H and O–H groups in total. The summed E-state index contributed by atoms with van der Waals surface area (Å²) >= 11 is 3.15. The summed E-state index contributed by atoms with van der Waals surface area (Å²) in [5.41, 5.74) is 1.91. The van der Waals surface area contributed by atoms with Crippen molar-refractivity contribution in [1.29, 1.82) is 0 Å². The molecule has 0 saturated heterocycles. The lowest BCUT2D eigenvalue weighted by Crippen LogP contribution is -2.11. The molecular formula is C11H12BrNO. The van der Waals surface area contributed by atoms with Crippen molar-refractivity contribution >= 4 is 27.5 Å². The zero-order valence-corrected chi connectivity index (χ0v) is 9.60. The van der Waals surface area contributed by atoms with Crippen molar-refractivity contribution in [3.63, 3.8) is 0 Å². The van der Waals surface area contributed by atoms with E-state index in [9.17, 15) is 4.79 Å². The van der Waals surface area contributed by atoms with Crippen LogP contribution in [0.2, 0.25) is 0 Å². The Bertz CT molecular complexity index is 360. The Morgan fingerprint density at radius 3 is 2.71 bits per heavy atom. The number of aryl methyl sites for hydroxylation is 1. The summed E-state index contributed by atoms with van der Waals surface area (Å²) in [5.74, 6) is -0.0545. The number of amides is 1. The van der Waals surface area contributed by atoms with Gasteiger partial charge in [-0.1, -0.05) is 40.7 Å². The monoisotopic (exact) mass is 253 g/mol. The molecule has 0 fully saturated rings. The van der Waals surface area contributed by atoms with E-state index < -0.39 is 0 Å². The average Bonchev–Trinajstić information content (AvgIpc) is 2.07. The van der Waals surface area contributed by atoms with Crippen molar-refractivity contribution in [2.75, 3.05) is 5.32 Å². The van der Waals surface area contributed by atoms with Gasteiger partial charge in [-0.2, -0.15) is 0 Å². The van der Waals surface area contributed by atoms with Crippen LogP contribution in [0.1, 0.15) is 12.0 Å². The fourth-order valence-electron chi connectivity index (χ4n) is 1.08. The Balaban J connectivity index is 2.65. The second kappa shape index (κ2) is 4.96. The summed E-state index contributed by atoms with van der Waals surface area (Å²) < 4.78 is 0.684. The molecule has 0 bridgehead atoms. The highest BCUT2D eigenvalue weighted by Crippen LogP contribution is 2.15. The molecule has 3 heteroatoms. The van der Waals surface area contributed by atoms with Crippen LogP contribution >= 0.6 is 15.9 Å². The molecule has 0 heterocycles. The molecule has 1 amide bonds. The van der Waals surface area contributed by atoms with Gasteiger partial charge in [0.25, 0.3) is 0 Å². The molecule has 0 aliphatic rings. The second-order valence-electron chi connectivity index (χ2n) is 3.06. The van der Waals surface area contributed by atoms with E-state index in [1.165, 1.54) is 0 Å². The SMILES string of the molecule is C=C(Br)CC(=O)Nc1ccccc1C. The average molecular weight is 254 g/mol. The molecule has 1 aromatic rings. The summed E-state index contributed by atoms with van der Waals surface area (Å²) in [5, 5.41) is 2.81. The first-order valence-corrected chi connectivity index (χ1v) is 5.07. The van der Waals surface area contributed by atoms with E-state index in [1.807, 2.05) is 31.2 Å². The number of carbonyl (C=O) groups is 1. The van der Waals surface area contributed by atoms with Gasteiger partial charge in [-0.15, -0.1) is 0 Å². The highest BCUT2D eigenvalue weighted by atomic mass is 79.9. The number of anilines is 1. The molecule has 0 aromatic heterocycles. The zero-order chi connectivity index (χ0) is 10.6. The van der Waals surface area contributed by atoms with Crippen molar-refractivity contribution in [2.45, 2.75) is 13.3 Å². The lowest BCUT2D eigenvalue weighted by Gasteiger charge is -2.06. The van der Waals surface area contributed by atoms with E-state index in [2.05, 4.69) is 27.8 Å². The van der Waals surface area contributed by atoms with Crippen LogP contribution in [0.25, 0.3) is 0 Å². The number of para-hydroxylation sites is 1. The fourth-order valence-corrected chi connectivity index (χ4v) is 1.34. The Morgan fingerprint density at radius 2 is 2.14 bits per heavy atom. The minimum absolute atomic E-state index is 0.0545. The first-order chi connectivity index (χ1) is 6.59. The van der Waals surface area contributed by atoms with Gasteiger partial charge < -0.3 is 5.32 Å². The maximum atomic E-state index is 11.4.